The van der Waals surface area contributed by atoms with Crippen LogP contribution in [-0.2, 0) is 6.18 Å². The number of likely N-dealkylation sites (tertiary alicyclic amines) is 1. The Labute approximate surface area is 144 Å². The molecule has 0 spiro atoms. The lowest BCUT2D eigenvalue weighted by molar-refractivity contribution is -0.136. The van der Waals surface area contributed by atoms with E-state index >= 15 is 0 Å². The molecule has 2 atom stereocenters. The van der Waals surface area contributed by atoms with Crippen molar-refractivity contribution in [1.82, 2.24) is 4.90 Å². The van der Waals surface area contributed by atoms with E-state index in [9.17, 15) is 18.0 Å². The van der Waals surface area contributed by atoms with Crippen molar-refractivity contribution in [2.24, 2.45) is 0 Å². The number of nitrogens with one attached hydrogen (secondary N) is 1. The van der Waals surface area contributed by atoms with Gasteiger partial charge in [-0.1, -0.05) is 0 Å². The molecule has 2 aliphatic rings. The first-order chi connectivity index (χ1) is 11.8. The Hall–Kier alpha value is -1.96. The molecule has 2 heterocycles. The van der Waals surface area contributed by atoms with Gasteiger partial charge in [-0.15, -0.1) is 0 Å². The maximum Gasteiger partial charge on any atom is 0.418 e. The van der Waals surface area contributed by atoms with Gasteiger partial charge >= 0.3 is 12.3 Å². The first kappa shape index (κ1) is 17.8. The zero-order valence-electron chi connectivity index (χ0n) is 14.0. The largest absolute Gasteiger partial charge is 0.465 e. The molecule has 8 heteroatoms. The van der Waals surface area contributed by atoms with E-state index in [0.29, 0.717) is 30.9 Å². The molecule has 1 aromatic rings. The van der Waals surface area contributed by atoms with Gasteiger partial charge in [0.25, 0.3) is 0 Å². The number of rotatable bonds is 3. The molecule has 3 rings (SSSR count). The zero-order chi connectivity index (χ0) is 18.2. The fraction of sp³-hybridized carbons (Fsp3) is 0.588. The zero-order valence-corrected chi connectivity index (χ0v) is 14.0. The van der Waals surface area contributed by atoms with E-state index in [-0.39, 0.29) is 0 Å². The summed E-state index contributed by atoms with van der Waals surface area (Å²) in [4.78, 5) is 15.1. The minimum atomic E-state index is -4.61. The molecule has 0 bridgehead atoms. The highest BCUT2D eigenvalue weighted by molar-refractivity contribution is 5.85. The molecule has 0 radical (unpaired) electrons. The number of carbonyl (C=O) groups is 1. The highest BCUT2D eigenvalue weighted by Crippen LogP contribution is 2.38. The van der Waals surface area contributed by atoms with Gasteiger partial charge in [0.05, 0.1) is 11.3 Å². The summed E-state index contributed by atoms with van der Waals surface area (Å²) >= 11 is 0. The SMILES string of the molecule is CC1CCCN1C1CCN(c2ccc(NC(=O)O)c(C(F)(F)F)c2)C1. The molecule has 2 N–H and O–H groups in total. The molecule has 2 unspecified atom stereocenters. The fourth-order valence-corrected chi connectivity index (χ4v) is 3.93. The molecule has 1 aromatic carbocycles. The smallest absolute Gasteiger partial charge is 0.418 e. The van der Waals surface area contributed by atoms with Gasteiger partial charge < -0.3 is 10.0 Å². The van der Waals surface area contributed by atoms with Crippen LogP contribution in [0.4, 0.5) is 29.3 Å². The first-order valence-electron chi connectivity index (χ1n) is 8.47. The summed E-state index contributed by atoms with van der Waals surface area (Å²) in [5, 5.41) is 10.6. The second-order valence-electron chi connectivity index (χ2n) is 6.78. The molecular weight excluding hydrogens is 335 g/mol. The number of benzene rings is 1. The summed E-state index contributed by atoms with van der Waals surface area (Å²) in [6.45, 7) is 4.66. The molecule has 0 aromatic heterocycles. The summed E-state index contributed by atoms with van der Waals surface area (Å²) in [6, 6.07) is 4.68. The average Bonchev–Trinajstić information content (AvgIpc) is 3.14. The second-order valence-corrected chi connectivity index (χ2v) is 6.78. The van der Waals surface area contributed by atoms with Crippen LogP contribution in [-0.4, -0.2) is 47.8 Å². The Balaban J connectivity index is 1.80. The van der Waals surface area contributed by atoms with Crippen LogP contribution < -0.4 is 10.2 Å². The van der Waals surface area contributed by atoms with Gasteiger partial charge in [-0.05, 0) is 50.9 Å². The second kappa shape index (κ2) is 6.74. The van der Waals surface area contributed by atoms with E-state index < -0.39 is 23.5 Å². The molecule has 0 saturated carbocycles. The quantitative estimate of drug-likeness (QED) is 0.863. The number of carboxylic acid groups (broad SMARTS) is 1. The van der Waals surface area contributed by atoms with Crippen molar-refractivity contribution in [2.45, 2.75) is 44.4 Å². The van der Waals surface area contributed by atoms with Gasteiger partial charge in [0.1, 0.15) is 0 Å². The normalized spacial score (nSPS) is 24.7. The minimum Gasteiger partial charge on any atom is -0.465 e. The molecule has 0 aliphatic carbocycles. The number of anilines is 2. The fourth-order valence-electron chi connectivity index (χ4n) is 3.93. The van der Waals surface area contributed by atoms with Crippen molar-refractivity contribution >= 4 is 17.5 Å². The Kier molecular flexibility index (Phi) is 4.81. The molecule has 2 saturated heterocycles. The monoisotopic (exact) mass is 357 g/mol. The summed E-state index contributed by atoms with van der Waals surface area (Å²) in [6.07, 6.45) is -2.85. The summed E-state index contributed by atoms with van der Waals surface area (Å²) in [5.41, 5.74) is -0.907. The molecule has 138 valence electrons. The van der Waals surface area contributed by atoms with Gasteiger partial charge in [-0.25, -0.2) is 4.79 Å². The summed E-state index contributed by atoms with van der Waals surface area (Å²) in [5.74, 6) is 0. The lowest BCUT2D eigenvalue weighted by Crippen LogP contribution is -2.39. The van der Waals surface area contributed by atoms with Crippen LogP contribution in [0.2, 0.25) is 0 Å². The third kappa shape index (κ3) is 3.84. The van der Waals surface area contributed by atoms with E-state index in [1.807, 2.05) is 10.2 Å². The predicted octanol–water partition coefficient (Wildman–Crippen LogP) is 3.86. The topological polar surface area (TPSA) is 55.8 Å². The molecule has 5 nitrogen and oxygen atoms in total. The summed E-state index contributed by atoms with van der Waals surface area (Å²) < 4.78 is 39.8. The van der Waals surface area contributed by atoms with Gasteiger partial charge in [0.15, 0.2) is 0 Å². The lowest BCUT2D eigenvalue weighted by Gasteiger charge is -2.29. The number of hydrogen-bond acceptors (Lipinski definition) is 3. The van der Waals surface area contributed by atoms with Crippen molar-refractivity contribution < 1.29 is 23.1 Å². The van der Waals surface area contributed by atoms with E-state index in [2.05, 4.69) is 11.8 Å². The number of nitrogens with zero attached hydrogens (tertiary/aromatic N) is 2. The minimum absolute atomic E-state index is 0.364. The Bertz CT molecular complexity index is 651. The molecular formula is C17H22F3N3O2. The number of alkyl halides is 3. The number of halogens is 3. The Morgan fingerprint density at radius 2 is 2.04 bits per heavy atom. The third-order valence-corrected chi connectivity index (χ3v) is 5.15. The Morgan fingerprint density at radius 3 is 2.64 bits per heavy atom. The van der Waals surface area contributed by atoms with Crippen LogP contribution in [0, 0.1) is 0 Å². The van der Waals surface area contributed by atoms with Gasteiger partial charge in [0, 0.05) is 30.9 Å². The van der Waals surface area contributed by atoms with Crippen molar-refractivity contribution in [2.75, 3.05) is 29.9 Å². The van der Waals surface area contributed by atoms with Crippen molar-refractivity contribution in [3.63, 3.8) is 0 Å². The van der Waals surface area contributed by atoms with Crippen LogP contribution in [0.1, 0.15) is 31.7 Å². The average molecular weight is 357 g/mol. The predicted molar refractivity (Wildman–Crippen MR) is 89.1 cm³/mol. The number of hydrogen-bond donors (Lipinski definition) is 2. The van der Waals surface area contributed by atoms with Gasteiger partial charge in [-0.2, -0.15) is 13.2 Å². The van der Waals surface area contributed by atoms with E-state index in [0.717, 1.165) is 19.0 Å². The van der Waals surface area contributed by atoms with Crippen molar-refractivity contribution in [1.29, 1.82) is 0 Å². The summed E-state index contributed by atoms with van der Waals surface area (Å²) in [7, 11) is 0. The maximum atomic E-state index is 13.3. The Morgan fingerprint density at radius 1 is 1.28 bits per heavy atom. The molecule has 25 heavy (non-hydrogen) atoms. The van der Waals surface area contributed by atoms with Crippen LogP contribution in [0.3, 0.4) is 0 Å². The number of amides is 1. The molecule has 1 amide bonds. The van der Waals surface area contributed by atoms with Crippen molar-refractivity contribution in [3.8, 4) is 0 Å². The standard InChI is InChI=1S/C17H22F3N3O2/c1-11-3-2-7-23(11)13-6-8-22(10-13)12-4-5-15(21-16(24)25)14(9-12)17(18,19)20/h4-5,9,11,13,21H,2-3,6-8,10H2,1H3,(H,24,25). The van der Waals surface area contributed by atoms with Crippen LogP contribution >= 0.6 is 0 Å². The van der Waals surface area contributed by atoms with Gasteiger partial charge in [-0.3, -0.25) is 10.2 Å². The highest BCUT2D eigenvalue weighted by Gasteiger charge is 2.36. The van der Waals surface area contributed by atoms with E-state index in [1.165, 1.54) is 18.9 Å². The van der Waals surface area contributed by atoms with Crippen molar-refractivity contribution in [3.05, 3.63) is 23.8 Å². The van der Waals surface area contributed by atoms with Crippen LogP contribution in [0.25, 0.3) is 0 Å². The van der Waals surface area contributed by atoms with E-state index in [4.69, 9.17) is 5.11 Å². The van der Waals surface area contributed by atoms with Gasteiger partial charge in [0.2, 0.25) is 0 Å². The maximum absolute atomic E-state index is 13.3. The lowest BCUT2D eigenvalue weighted by atomic mass is 10.1. The van der Waals surface area contributed by atoms with E-state index in [1.54, 1.807) is 6.07 Å². The molecule has 2 aliphatic heterocycles. The van der Waals surface area contributed by atoms with Crippen LogP contribution in [0.5, 0.6) is 0 Å². The molecule has 2 fully saturated rings. The third-order valence-electron chi connectivity index (χ3n) is 5.15. The first-order valence-corrected chi connectivity index (χ1v) is 8.47. The van der Waals surface area contributed by atoms with Crippen LogP contribution in [0.15, 0.2) is 18.2 Å². The highest BCUT2D eigenvalue weighted by atomic mass is 19.4.